The van der Waals surface area contributed by atoms with E-state index in [9.17, 15) is 5.11 Å². The molecule has 2 atom stereocenters. The molecule has 0 spiro atoms. The van der Waals surface area contributed by atoms with Gasteiger partial charge in [-0.05, 0) is 19.8 Å². The lowest BCUT2D eigenvalue weighted by Crippen LogP contribution is -2.16. The highest BCUT2D eigenvalue weighted by Crippen LogP contribution is 2.34. The normalized spacial score (nSPS) is 14.6. The quantitative estimate of drug-likeness (QED) is 0.614. The number of hydrogen-bond acceptors (Lipinski definition) is 5. The van der Waals surface area contributed by atoms with Gasteiger partial charge in [0.05, 0.1) is 6.10 Å². The summed E-state index contributed by atoms with van der Waals surface area (Å²) in [6.07, 6.45) is 1.23. The fourth-order valence-corrected chi connectivity index (χ4v) is 2.69. The summed E-state index contributed by atoms with van der Waals surface area (Å²) in [6.45, 7) is 11.0. The predicted octanol–water partition coefficient (Wildman–Crippen LogP) is 2.89. The Morgan fingerprint density at radius 3 is 2.44 bits per heavy atom. The Morgan fingerprint density at radius 2 is 1.94 bits per heavy atom. The maximum absolute atomic E-state index is 9.60. The van der Waals surface area contributed by atoms with Gasteiger partial charge in [-0.25, -0.2) is 9.97 Å². The van der Waals surface area contributed by atoms with E-state index >= 15 is 0 Å². The summed E-state index contributed by atoms with van der Waals surface area (Å²) in [5.41, 5.74) is 1.14. The Bertz CT molecular complexity index is 382. The van der Waals surface area contributed by atoms with Crippen molar-refractivity contribution in [3.05, 3.63) is 11.9 Å². The number of hydrogen-bond donors (Lipinski definition) is 2. The van der Waals surface area contributed by atoms with Gasteiger partial charge >= 0.3 is 0 Å². The molecule has 1 rings (SSSR count). The summed E-state index contributed by atoms with van der Waals surface area (Å²) in [5.74, 6) is 1.26. The van der Waals surface area contributed by atoms with Crippen LogP contribution in [0.4, 0.5) is 5.82 Å². The average Bonchev–Trinajstić information content (AvgIpc) is 2.29. The van der Waals surface area contributed by atoms with E-state index in [1.54, 1.807) is 25.0 Å². The molecule has 2 unspecified atom stereocenters. The zero-order chi connectivity index (χ0) is 13.7. The predicted molar refractivity (Wildman–Crippen MR) is 77.3 cm³/mol. The molecule has 0 aliphatic rings. The van der Waals surface area contributed by atoms with Gasteiger partial charge in [-0.15, -0.1) is 11.8 Å². The Kier molecular flexibility index (Phi) is 5.88. The van der Waals surface area contributed by atoms with Gasteiger partial charge in [-0.2, -0.15) is 0 Å². The van der Waals surface area contributed by atoms with Crippen molar-refractivity contribution in [1.82, 2.24) is 9.97 Å². The molecule has 0 fully saturated rings. The first-order valence-corrected chi connectivity index (χ1v) is 7.28. The third-order valence-corrected chi connectivity index (χ3v) is 4.06. The summed E-state index contributed by atoms with van der Waals surface area (Å²) in [5, 5.41) is 14.0. The largest absolute Gasteiger partial charge is 0.392 e. The highest BCUT2D eigenvalue weighted by Gasteiger charge is 2.19. The van der Waals surface area contributed by atoms with Crippen molar-refractivity contribution >= 4 is 17.6 Å². The van der Waals surface area contributed by atoms with Crippen molar-refractivity contribution < 1.29 is 5.11 Å². The van der Waals surface area contributed by atoms with E-state index in [0.717, 1.165) is 23.0 Å². The minimum atomic E-state index is -0.354. The molecule has 4 nitrogen and oxygen atoms in total. The van der Waals surface area contributed by atoms with Crippen LogP contribution in [0.25, 0.3) is 0 Å². The summed E-state index contributed by atoms with van der Waals surface area (Å²) in [4.78, 5) is 8.67. The van der Waals surface area contributed by atoms with Crippen LogP contribution in [0.15, 0.2) is 11.4 Å². The summed E-state index contributed by atoms with van der Waals surface area (Å²) in [6, 6.07) is 0. The van der Waals surface area contributed by atoms with Gasteiger partial charge < -0.3 is 10.4 Å². The number of aromatic nitrogens is 2. The Balaban J connectivity index is 3.06. The second-order valence-corrected chi connectivity index (χ2v) is 6.06. The van der Waals surface area contributed by atoms with E-state index in [2.05, 4.69) is 36.1 Å². The highest BCUT2D eigenvalue weighted by molar-refractivity contribution is 7.99. The van der Waals surface area contributed by atoms with E-state index in [1.807, 2.05) is 6.92 Å². The third-order valence-electron chi connectivity index (χ3n) is 2.75. The summed E-state index contributed by atoms with van der Waals surface area (Å²) >= 11 is 1.61. The molecule has 1 aromatic heterocycles. The van der Waals surface area contributed by atoms with Crippen molar-refractivity contribution in [2.75, 3.05) is 11.9 Å². The first kappa shape index (κ1) is 15.2. The highest BCUT2D eigenvalue weighted by atomic mass is 32.2. The standard InChI is InChI=1S/C13H23N3OS/c1-6-14-12-11(8(2)3)13(16-7-15-12)18-10(5)9(4)17/h7-10,17H,6H2,1-5H3,(H,14,15,16). The van der Waals surface area contributed by atoms with Crippen molar-refractivity contribution in [3.8, 4) is 0 Å². The number of nitrogens with zero attached hydrogens (tertiary/aromatic N) is 2. The molecule has 5 heteroatoms. The van der Waals surface area contributed by atoms with E-state index < -0.39 is 0 Å². The molecule has 0 bridgehead atoms. The van der Waals surface area contributed by atoms with Crippen LogP contribution in [0, 0.1) is 0 Å². The molecule has 0 radical (unpaired) electrons. The summed E-state index contributed by atoms with van der Waals surface area (Å²) in [7, 11) is 0. The van der Waals surface area contributed by atoms with Gasteiger partial charge in [0.1, 0.15) is 17.2 Å². The molecular formula is C13H23N3OS. The van der Waals surface area contributed by atoms with E-state index in [1.165, 1.54) is 0 Å². The van der Waals surface area contributed by atoms with Gasteiger partial charge in [0.15, 0.2) is 0 Å². The maximum atomic E-state index is 9.60. The molecule has 0 aliphatic carbocycles. The van der Waals surface area contributed by atoms with Gasteiger partial charge in [0, 0.05) is 17.4 Å². The van der Waals surface area contributed by atoms with Gasteiger partial charge in [-0.3, -0.25) is 0 Å². The Morgan fingerprint density at radius 1 is 1.28 bits per heavy atom. The molecule has 102 valence electrons. The van der Waals surface area contributed by atoms with Crippen molar-refractivity contribution in [2.24, 2.45) is 0 Å². The average molecular weight is 269 g/mol. The van der Waals surface area contributed by atoms with Crippen LogP contribution < -0.4 is 5.32 Å². The minimum absolute atomic E-state index is 0.117. The van der Waals surface area contributed by atoms with Crippen LogP contribution in [0.2, 0.25) is 0 Å². The third kappa shape index (κ3) is 3.85. The molecule has 0 saturated heterocycles. The van der Waals surface area contributed by atoms with Crippen molar-refractivity contribution in [2.45, 2.75) is 56.9 Å². The molecule has 1 heterocycles. The molecule has 0 saturated carbocycles. The Hall–Kier alpha value is -0.810. The number of aliphatic hydroxyl groups is 1. The van der Waals surface area contributed by atoms with Crippen LogP contribution in [0.3, 0.4) is 0 Å². The lowest BCUT2D eigenvalue weighted by molar-refractivity contribution is 0.196. The molecule has 0 aromatic carbocycles. The smallest absolute Gasteiger partial charge is 0.133 e. The second-order valence-electron chi connectivity index (χ2n) is 4.69. The van der Waals surface area contributed by atoms with Crippen LogP contribution >= 0.6 is 11.8 Å². The number of aliphatic hydroxyl groups excluding tert-OH is 1. The molecule has 18 heavy (non-hydrogen) atoms. The Labute approximate surface area is 114 Å². The number of nitrogens with one attached hydrogen (secondary N) is 1. The van der Waals surface area contributed by atoms with Crippen LogP contribution in [-0.4, -0.2) is 33.0 Å². The fraction of sp³-hybridized carbons (Fsp3) is 0.692. The van der Waals surface area contributed by atoms with Gasteiger partial charge in [0.25, 0.3) is 0 Å². The van der Waals surface area contributed by atoms with E-state index in [0.29, 0.717) is 5.92 Å². The summed E-state index contributed by atoms with van der Waals surface area (Å²) < 4.78 is 0. The second kappa shape index (κ2) is 6.95. The lowest BCUT2D eigenvalue weighted by atomic mass is 10.1. The van der Waals surface area contributed by atoms with E-state index in [4.69, 9.17) is 0 Å². The molecule has 0 amide bonds. The van der Waals surface area contributed by atoms with Crippen molar-refractivity contribution in [3.63, 3.8) is 0 Å². The minimum Gasteiger partial charge on any atom is -0.392 e. The molecule has 2 N–H and O–H groups in total. The van der Waals surface area contributed by atoms with Gasteiger partial charge in [-0.1, -0.05) is 20.8 Å². The zero-order valence-corrected chi connectivity index (χ0v) is 12.6. The number of rotatable bonds is 6. The van der Waals surface area contributed by atoms with Crippen LogP contribution in [0.1, 0.15) is 46.1 Å². The lowest BCUT2D eigenvalue weighted by Gasteiger charge is -2.19. The maximum Gasteiger partial charge on any atom is 0.133 e. The number of anilines is 1. The topological polar surface area (TPSA) is 58.0 Å². The number of thioether (sulfide) groups is 1. The molecule has 0 aliphatic heterocycles. The fourth-order valence-electron chi connectivity index (χ4n) is 1.58. The molecular weight excluding hydrogens is 246 g/mol. The van der Waals surface area contributed by atoms with Crippen molar-refractivity contribution in [1.29, 1.82) is 0 Å². The first-order chi connectivity index (χ1) is 8.47. The zero-order valence-electron chi connectivity index (χ0n) is 11.8. The molecule has 1 aromatic rings. The van der Waals surface area contributed by atoms with E-state index in [-0.39, 0.29) is 11.4 Å². The van der Waals surface area contributed by atoms with Gasteiger partial charge in [0.2, 0.25) is 0 Å². The first-order valence-electron chi connectivity index (χ1n) is 6.40. The monoisotopic (exact) mass is 269 g/mol. The van der Waals surface area contributed by atoms with Crippen LogP contribution in [-0.2, 0) is 0 Å². The SMILES string of the molecule is CCNc1ncnc(SC(C)C(C)O)c1C(C)C. The van der Waals surface area contributed by atoms with Crippen LogP contribution in [0.5, 0.6) is 0 Å².